The first-order chi connectivity index (χ1) is 15.0. The summed E-state index contributed by atoms with van der Waals surface area (Å²) < 4.78 is 35.6. The molecule has 0 bridgehead atoms. The first-order valence-electron chi connectivity index (χ1n) is 9.62. The van der Waals surface area contributed by atoms with E-state index in [9.17, 15) is 8.78 Å². The number of aryl methyl sites for hydroxylation is 1. The lowest BCUT2D eigenvalue weighted by Gasteiger charge is -2.15. The van der Waals surface area contributed by atoms with Gasteiger partial charge in [-0.25, -0.2) is 13.8 Å². The minimum Gasteiger partial charge on any atom is -0.454 e. The van der Waals surface area contributed by atoms with E-state index in [1.807, 2.05) is 53.1 Å². The van der Waals surface area contributed by atoms with Gasteiger partial charge in [0.05, 0.1) is 0 Å². The first-order valence-corrected chi connectivity index (χ1v) is 14.1. The van der Waals surface area contributed by atoms with Gasteiger partial charge in [0.25, 0.3) is 0 Å². The molecule has 0 fully saturated rings. The maximum Gasteiger partial charge on any atom is 0.168 e. The summed E-state index contributed by atoms with van der Waals surface area (Å²) in [5, 5.41) is 0.986. The Morgan fingerprint density at radius 2 is 1.84 bits per heavy atom. The van der Waals surface area contributed by atoms with Crippen molar-refractivity contribution in [3.8, 4) is 22.6 Å². The number of hydrogen-bond acceptors (Lipinski definition) is 4. The Labute approximate surface area is 200 Å². The van der Waals surface area contributed by atoms with Crippen LogP contribution in [0.5, 0.6) is 11.5 Å². The van der Waals surface area contributed by atoms with Crippen molar-refractivity contribution in [3.05, 3.63) is 77.6 Å². The van der Waals surface area contributed by atoms with Gasteiger partial charge in [-0.3, -0.25) is 3.97 Å². The van der Waals surface area contributed by atoms with E-state index in [1.54, 1.807) is 9.12 Å². The predicted octanol–water partition coefficient (Wildman–Crippen LogP) is 8.18. The zero-order valence-corrected chi connectivity index (χ0v) is 20.7. The van der Waals surface area contributed by atoms with Crippen LogP contribution in [0, 0.1) is 18.6 Å². The third-order valence-corrected chi connectivity index (χ3v) is 7.41. The van der Waals surface area contributed by atoms with Crippen LogP contribution in [-0.2, 0) is 5.75 Å². The highest BCUT2D eigenvalue weighted by Crippen LogP contribution is 2.40. The van der Waals surface area contributed by atoms with E-state index in [0.717, 1.165) is 51.0 Å². The molecule has 0 atom stereocenters. The maximum absolute atomic E-state index is 14.3. The molecule has 8 heteroatoms. The summed E-state index contributed by atoms with van der Waals surface area (Å²) >= 11 is 4.05. The number of nitrogens with zero attached hydrogens (tertiary/aromatic N) is 2. The Balaban J connectivity index is 1.88. The second-order valence-electron chi connectivity index (χ2n) is 6.90. The molecule has 0 aliphatic carbocycles. The molecular formula is C23H19F2IN2OS2. The molecule has 0 unspecified atom stereocenters. The number of fused-ring (bicyclic) bond motifs is 1. The maximum atomic E-state index is 14.3. The topological polar surface area (TPSA) is 27.1 Å². The van der Waals surface area contributed by atoms with Crippen molar-refractivity contribution in [2.24, 2.45) is 0 Å². The van der Waals surface area contributed by atoms with Gasteiger partial charge in [0, 0.05) is 65.0 Å². The van der Waals surface area contributed by atoms with E-state index in [4.69, 9.17) is 9.72 Å². The molecule has 0 aliphatic rings. The van der Waals surface area contributed by atoms with Gasteiger partial charge in [-0.2, -0.15) is 11.8 Å². The van der Waals surface area contributed by atoms with Crippen molar-refractivity contribution in [1.82, 2.24) is 8.96 Å². The van der Waals surface area contributed by atoms with Crippen molar-refractivity contribution < 1.29 is 13.5 Å². The average Bonchev–Trinajstić information content (AvgIpc) is 3.17. The molecular weight excluding hydrogens is 549 g/mol. The molecule has 0 spiro atoms. The lowest BCUT2D eigenvalue weighted by atomic mass is 9.99. The van der Waals surface area contributed by atoms with Gasteiger partial charge in [0.1, 0.15) is 11.6 Å². The fourth-order valence-electron chi connectivity index (χ4n) is 3.35. The molecule has 31 heavy (non-hydrogen) atoms. The minimum absolute atomic E-state index is 0.0132. The van der Waals surface area contributed by atoms with Gasteiger partial charge in [-0.1, -0.05) is 13.0 Å². The van der Waals surface area contributed by atoms with Gasteiger partial charge in [-0.15, -0.1) is 0 Å². The van der Waals surface area contributed by atoms with Crippen LogP contribution in [-0.4, -0.2) is 14.7 Å². The Morgan fingerprint density at radius 3 is 2.58 bits per heavy atom. The fourth-order valence-corrected chi connectivity index (χ4v) is 5.24. The molecule has 4 rings (SSSR count). The Kier molecular flexibility index (Phi) is 7.08. The summed E-state index contributed by atoms with van der Waals surface area (Å²) in [6, 6.07) is 13.3. The number of halogens is 3. The molecule has 0 saturated heterocycles. The zero-order valence-electron chi connectivity index (χ0n) is 16.9. The molecule has 3 nitrogen and oxygen atoms in total. The van der Waals surface area contributed by atoms with Crippen molar-refractivity contribution in [2.75, 3.05) is 5.75 Å². The van der Waals surface area contributed by atoms with E-state index >= 15 is 0 Å². The summed E-state index contributed by atoms with van der Waals surface area (Å²) in [5.41, 5.74) is 4.71. The number of hydrogen-bond donors (Lipinski definition) is 0. The van der Waals surface area contributed by atoms with E-state index in [0.29, 0.717) is 5.75 Å². The van der Waals surface area contributed by atoms with Crippen molar-refractivity contribution in [3.63, 3.8) is 0 Å². The van der Waals surface area contributed by atoms with Gasteiger partial charge < -0.3 is 4.74 Å². The second-order valence-corrected chi connectivity index (χ2v) is 9.89. The van der Waals surface area contributed by atoms with Crippen LogP contribution in [0.2, 0.25) is 0 Å². The third-order valence-electron chi connectivity index (χ3n) is 4.75. The van der Waals surface area contributed by atoms with Crippen LogP contribution in [0.15, 0.2) is 54.7 Å². The zero-order chi connectivity index (χ0) is 22.0. The largest absolute Gasteiger partial charge is 0.454 e. The Bertz CT molecular complexity index is 1250. The van der Waals surface area contributed by atoms with Crippen LogP contribution < -0.4 is 4.74 Å². The van der Waals surface area contributed by atoms with Gasteiger partial charge >= 0.3 is 0 Å². The number of benzene rings is 2. The smallest absolute Gasteiger partial charge is 0.168 e. The van der Waals surface area contributed by atoms with Crippen LogP contribution in [0.4, 0.5) is 8.78 Å². The highest BCUT2D eigenvalue weighted by molar-refractivity contribution is 14.2. The number of rotatable bonds is 7. The van der Waals surface area contributed by atoms with Gasteiger partial charge in [0.15, 0.2) is 17.2 Å². The summed E-state index contributed by atoms with van der Waals surface area (Å²) in [6.45, 7) is 4.08. The fraction of sp³-hybridized carbons (Fsp3) is 0.174. The Morgan fingerprint density at radius 1 is 1.03 bits per heavy atom. The summed E-state index contributed by atoms with van der Waals surface area (Å²) in [6.07, 6.45) is 1.98. The van der Waals surface area contributed by atoms with E-state index in [2.05, 4.69) is 34.2 Å². The van der Waals surface area contributed by atoms with E-state index < -0.39 is 11.6 Å². The number of pyridine rings is 1. The molecule has 160 valence electrons. The third kappa shape index (κ3) is 4.85. The predicted molar refractivity (Wildman–Crippen MR) is 135 cm³/mol. The molecule has 0 saturated carbocycles. The highest BCUT2D eigenvalue weighted by Gasteiger charge is 2.17. The SMILES string of the molecule is CCSCc1ccc(Oc2ccc(F)cc2F)c(-c2cc(C)nc3c2ccn3SI)c1. The van der Waals surface area contributed by atoms with Crippen molar-refractivity contribution in [1.29, 1.82) is 0 Å². The first kappa shape index (κ1) is 22.4. The van der Waals surface area contributed by atoms with E-state index in [-0.39, 0.29) is 5.75 Å². The van der Waals surface area contributed by atoms with Crippen molar-refractivity contribution >= 4 is 53.1 Å². The van der Waals surface area contributed by atoms with Crippen LogP contribution in [0.3, 0.4) is 0 Å². The standard InChI is InChI=1S/C23H19F2IN2OS2/c1-3-30-13-15-4-6-21(29-22-7-5-16(24)12-20(22)25)19(11-15)18-10-14(2)27-23-17(18)8-9-28(23)31-26/h4-12H,3,13H2,1-2H3. The second kappa shape index (κ2) is 9.79. The summed E-state index contributed by atoms with van der Waals surface area (Å²) in [5.74, 6) is 1.01. The van der Waals surface area contributed by atoms with Crippen LogP contribution >= 0.6 is 42.1 Å². The average molecular weight is 568 g/mol. The molecule has 0 aliphatic heterocycles. The molecule has 2 aromatic heterocycles. The number of aromatic nitrogens is 2. The molecule has 0 amide bonds. The van der Waals surface area contributed by atoms with Crippen LogP contribution in [0.25, 0.3) is 22.2 Å². The Hall–Kier alpha value is -1.78. The quantitative estimate of drug-likeness (QED) is 0.210. The molecule has 4 aromatic rings. The monoisotopic (exact) mass is 568 g/mol. The number of ether oxygens (including phenoxy) is 1. The molecule has 2 aromatic carbocycles. The van der Waals surface area contributed by atoms with Gasteiger partial charge in [0.2, 0.25) is 0 Å². The molecule has 0 radical (unpaired) electrons. The highest BCUT2D eigenvalue weighted by atomic mass is 127. The van der Waals surface area contributed by atoms with Crippen molar-refractivity contribution in [2.45, 2.75) is 19.6 Å². The van der Waals surface area contributed by atoms with E-state index in [1.165, 1.54) is 12.1 Å². The summed E-state index contributed by atoms with van der Waals surface area (Å²) in [7, 11) is 1.55. The minimum atomic E-state index is -0.736. The molecule has 0 N–H and O–H groups in total. The normalized spacial score (nSPS) is 11.3. The lowest BCUT2D eigenvalue weighted by molar-refractivity contribution is 0.439. The van der Waals surface area contributed by atoms with Gasteiger partial charge in [-0.05, 0) is 60.2 Å². The lowest BCUT2D eigenvalue weighted by Crippen LogP contribution is -1.96. The number of thioether (sulfide) groups is 1. The summed E-state index contributed by atoms with van der Waals surface area (Å²) in [4.78, 5) is 4.69. The van der Waals surface area contributed by atoms with Crippen LogP contribution in [0.1, 0.15) is 18.2 Å². The molecule has 2 heterocycles.